The van der Waals surface area contributed by atoms with Crippen LogP contribution in [0.2, 0.25) is 0 Å². The SMILES string of the molecule is O=[N+]([O-])c1ccc(-c2cccc3c2NC(N2CCOCC2)C=C3)c2sc3ccccc3c12. The summed E-state index contributed by atoms with van der Waals surface area (Å²) in [6.07, 6.45) is 4.47. The molecule has 1 unspecified atom stereocenters. The second-order valence-corrected chi connectivity index (χ2v) is 9.11. The summed E-state index contributed by atoms with van der Waals surface area (Å²) in [5.41, 5.74) is 4.44. The molecule has 0 aliphatic carbocycles. The van der Waals surface area contributed by atoms with Gasteiger partial charge in [-0.25, -0.2) is 0 Å². The third kappa shape index (κ3) is 3.09. The Labute approximate surface area is 188 Å². The number of benzene rings is 3. The Kier molecular flexibility index (Phi) is 4.68. The van der Waals surface area contributed by atoms with Crippen molar-refractivity contribution >= 4 is 49.0 Å². The third-order valence-corrected chi connectivity index (χ3v) is 7.48. The van der Waals surface area contributed by atoms with Crippen LogP contribution >= 0.6 is 11.3 Å². The summed E-state index contributed by atoms with van der Waals surface area (Å²) in [6.45, 7) is 3.26. The van der Waals surface area contributed by atoms with Crippen molar-refractivity contribution < 1.29 is 9.66 Å². The second kappa shape index (κ2) is 7.70. The minimum atomic E-state index is -0.277. The number of nitrogens with zero attached hydrogens (tertiary/aromatic N) is 2. The van der Waals surface area contributed by atoms with Gasteiger partial charge in [0.15, 0.2) is 0 Å². The summed E-state index contributed by atoms with van der Waals surface area (Å²) < 4.78 is 7.52. The van der Waals surface area contributed by atoms with E-state index in [4.69, 9.17) is 4.74 Å². The van der Waals surface area contributed by atoms with Crippen LogP contribution in [0.1, 0.15) is 5.56 Å². The molecule has 2 aliphatic rings. The van der Waals surface area contributed by atoms with Gasteiger partial charge in [-0.2, -0.15) is 0 Å². The zero-order valence-electron chi connectivity index (χ0n) is 17.3. The molecule has 1 atom stereocenters. The second-order valence-electron chi connectivity index (χ2n) is 8.06. The molecular weight excluding hydrogens is 422 g/mol. The normalized spacial score (nSPS) is 18.6. The van der Waals surface area contributed by atoms with Crippen LogP contribution in [-0.2, 0) is 4.74 Å². The van der Waals surface area contributed by atoms with Crippen LogP contribution in [0.4, 0.5) is 11.4 Å². The number of anilines is 1. The molecule has 160 valence electrons. The van der Waals surface area contributed by atoms with E-state index < -0.39 is 0 Å². The lowest BCUT2D eigenvalue weighted by atomic mass is 9.95. The van der Waals surface area contributed by atoms with Crippen molar-refractivity contribution in [3.8, 4) is 11.1 Å². The molecule has 3 heterocycles. The Morgan fingerprint density at radius 2 is 1.88 bits per heavy atom. The maximum atomic E-state index is 11.8. The Balaban J connectivity index is 1.53. The fraction of sp³-hybridized carbons (Fsp3) is 0.200. The van der Waals surface area contributed by atoms with Crippen LogP contribution in [0.5, 0.6) is 0 Å². The predicted molar refractivity (Wildman–Crippen MR) is 130 cm³/mol. The number of nitro groups is 1. The van der Waals surface area contributed by atoms with Gasteiger partial charge in [-0.1, -0.05) is 42.5 Å². The number of hydrogen-bond donors (Lipinski definition) is 1. The standard InChI is InChI=1S/C25H21N3O3S/c29-28(30)20-10-9-18(25-23(20)19-5-1-2-7-21(19)32-25)17-6-3-4-16-8-11-22(26-24(16)17)27-12-14-31-15-13-27/h1-11,22,26H,12-15H2. The molecule has 1 saturated heterocycles. The smallest absolute Gasteiger partial charge is 0.278 e. The largest absolute Gasteiger partial charge is 0.379 e. The van der Waals surface area contributed by atoms with Gasteiger partial charge >= 0.3 is 0 Å². The number of thiophene rings is 1. The zero-order chi connectivity index (χ0) is 21.7. The Hall–Kier alpha value is -3.26. The van der Waals surface area contributed by atoms with Crippen LogP contribution in [0, 0.1) is 10.1 Å². The highest BCUT2D eigenvalue weighted by Crippen LogP contribution is 2.46. The monoisotopic (exact) mass is 443 g/mol. The highest BCUT2D eigenvalue weighted by molar-refractivity contribution is 7.26. The molecule has 6 nitrogen and oxygen atoms in total. The van der Waals surface area contributed by atoms with Crippen LogP contribution in [-0.4, -0.2) is 42.3 Å². The molecule has 3 aromatic carbocycles. The molecule has 4 aromatic rings. The summed E-state index contributed by atoms with van der Waals surface area (Å²) in [5.74, 6) is 0. The van der Waals surface area contributed by atoms with E-state index in [0.29, 0.717) is 0 Å². The van der Waals surface area contributed by atoms with E-state index in [1.807, 2.05) is 30.3 Å². The fourth-order valence-corrected chi connectivity index (χ4v) is 5.98. The van der Waals surface area contributed by atoms with E-state index in [-0.39, 0.29) is 16.8 Å². The lowest BCUT2D eigenvalue weighted by Crippen LogP contribution is -2.47. The van der Waals surface area contributed by atoms with Gasteiger partial charge in [0.25, 0.3) is 5.69 Å². The first kappa shape index (κ1) is 19.4. The predicted octanol–water partition coefficient (Wildman–Crippen LogP) is 5.73. The summed E-state index contributed by atoms with van der Waals surface area (Å²) in [6, 6.07) is 17.7. The number of nitro benzene ring substituents is 1. The molecule has 7 heteroatoms. The van der Waals surface area contributed by atoms with Gasteiger partial charge in [-0.15, -0.1) is 11.3 Å². The molecule has 1 N–H and O–H groups in total. The average molecular weight is 444 g/mol. The molecule has 2 aliphatic heterocycles. The maximum Gasteiger partial charge on any atom is 0.278 e. The fourth-order valence-electron chi connectivity index (χ4n) is 4.73. The Morgan fingerprint density at radius 1 is 1.03 bits per heavy atom. The highest BCUT2D eigenvalue weighted by Gasteiger charge is 2.26. The molecule has 1 fully saturated rings. The summed E-state index contributed by atoms with van der Waals surface area (Å²) in [7, 11) is 0. The maximum absolute atomic E-state index is 11.8. The van der Waals surface area contributed by atoms with Gasteiger partial charge in [0, 0.05) is 40.4 Å². The molecule has 6 rings (SSSR count). The molecular formula is C25H21N3O3S. The number of ether oxygens (including phenoxy) is 1. The van der Waals surface area contributed by atoms with Gasteiger partial charge in [0.05, 0.1) is 40.1 Å². The van der Waals surface area contributed by atoms with E-state index in [0.717, 1.165) is 68.9 Å². The minimum absolute atomic E-state index is 0.100. The number of rotatable bonds is 3. The molecule has 1 aromatic heterocycles. The number of hydrogen-bond acceptors (Lipinski definition) is 6. The Bertz CT molecular complexity index is 1390. The topological polar surface area (TPSA) is 67.6 Å². The van der Waals surface area contributed by atoms with Crippen LogP contribution in [0.15, 0.2) is 60.7 Å². The zero-order valence-corrected chi connectivity index (χ0v) is 18.1. The van der Waals surface area contributed by atoms with Crippen LogP contribution in [0.3, 0.4) is 0 Å². The molecule has 0 spiro atoms. The molecule has 0 saturated carbocycles. The summed E-state index contributed by atoms with van der Waals surface area (Å²) in [4.78, 5) is 13.9. The van der Waals surface area contributed by atoms with Gasteiger partial charge in [-0.3, -0.25) is 15.0 Å². The number of fused-ring (bicyclic) bond motifs is 4. The average Bonchev–Trinajstić information content (AvgIpc) is 3.23. The molecule has 0 bridgehead atoms. The van der Waals surface area contributed by atoms with Gasteiger partial charge in [0.1, 0.15) is 0 Å². The number of non-ortho nitro benzene ring substituents is 1. The van der Waals surface area contributed by atoms with Crippen molar-refractivity contribution in [2.24, 2.45) is 0 Å². The van der Waals surface area contributed by atoms with Crippen molar-refractivity contribution in [1.29, 1.82) is 0 Å². The number of nitrogens with one attached hydrogen (secondary N) is 1. The van der Waals surface area contributed by atoms with Crippen molar-refractivity contribution in [2.45, 2.75) is 6.17 Å². The lowest BCUT2D eigenvalue weighted by molar-refractivity contribution is -0.383. The van der Waals surface area contributed by atoms with Crippen LogP contribution < -0.4 is 5.32 Å². The first-order valence-corrected chi connectivity index (χ1v) is 11.5. The van der Waals surface area contributed by atoms with Gasteiger partial charge < -0.3 is 10.1 Å². The van der Waals surface area contributed by atoms with Gasteiger partial charge in [-0.05, 0) is 23.8 Å². The van der Waals surface area contributed by atoms with E-state index in [2.05, 4.69) is 40.6 Å². The van der Waals surface area contributed by atoms with E-state index in [1.54, 1.807) is 17.4 Å². The molecule has 0 amide bonds. The van der Waals surface area contributed by atoms with Gasteiger partial charge in [0.2, 0.25) is 0 Å². The number of morpholine rings is 1. The van der Waals surface area contributed by atoms with Crippen molar-refractivity contribution in [1.82, 2.24) is 4.90 Å². The Morgan fingerprint density at radius 3 is 2.72 bits per heavy atom. The van der Waals surface area contributed by atoms with Crippen molar-refractivity contribution in [3.05, 3.63) is 76.4 Å². The number of para-hydroxylation sites is 1. The summed E-state index contributed by atoms with van der Waals surface area (Å²) >= 11 is 1.62. The summed E-state index contributed by atoms with van der Waals surface area (Å²) in [5, 5.41) is 17.2. The highest BCUT2D eigenvalue weighted by atomic mass is 32.1. The molecule has 0 radical (unpaired) electrons. The van der Waals surface area contributed by atoms with E-state index >= 15 is 0 Å². The lowest BCUT2D eigenvalue weighted by Gasteiger charge is -2.36. The quantitative estimate of drug-likeness (QED) is 0.324. The third-order valence-electron chi connectivity index (χ3n) is 6.28. The first-order chi connectivity index (χ1) is 15.7. The molecule has 32 heavy (non-hydrogen) atoms. The van der Waals surface area contributed by atoms with E-state index in [1.165, 1.54) is 0 Å². The minimum Gasteiger partial charge on any atom is -0.379 e. The van der Waals surface area contributed by atoms with E-state index in [9.17, 15) is 10.1 Å². The van der Waals surface area contributed by atoms with Crippen LogP contribution in [0.25, 0.3) is 37.4 Å². The first-order valence-electron chi connectivity index (χ1n) is 10.7. The van der Waals surface area contributed by atoms with Crippen molar-refractivity contribution in [3.63, 3.8) is 0 Å². The van der Waals surface area contributed by atoms with Crippen molar-refractivity contribution in [2.75, 3.05) is 31.6 Å².